The lowest BCUT2D eigenvalue weighted by Gasteiger charge is -2.42. The number of carbonyl (C=O) groups excluding carboxylic acids is 1. The summed E-state index contributed by atoms with van der Waals surface area (Å²) in [5.41, 5.74) is 5.73. The number of aliphatic hydroxyl groups is 1. The predicted molar refractivity (Wildman–Crippen MR) is 156 cm³/mol. The van der Waals surface area contributed by atoms with Crippen molar-refractivity contribution in [2.75, 3.05) is 54.4 Å². The average molecular weight is 542 g/mol. The van der Waals surface area contributed by atoms with E-state index in [-0.39, 0.29) is 30.4 Å². The van der Waals surface area contributed by atoms with Crippen LogP contribution in [0.1, 0.15) is 39.9 Å². The highest BCUT2D eigenvalue weighted by atomic mass is 19.1. The van der Waals surface area contributed by atoms with Crippen LogP contribution in [0.15, 0.2) is 60.7 Å². The fourth-order valence-electron chi connectivity index (χ4n) is 5.93. The number of nitrogens with one attached hydrogen (secondary N) is 1. The van der Waals surface area contributed by atoms with Gasteiger partial charge in [0.05, 0.1) is 29.6 Å². The molecular formula is C32H36FN5O2. The molecule has 0 aliphatic carbocycles. The molecule has 0 spiro atoms. The molecule has 7 nitrogen and oxygen atoms in total. The van der Waals surface area contributed by atoms with Crippen molar-refractivity contribution in [3.05, 3.63) is 88.7 Å². The van der Waals surface area contributed by atoms with E-state index in [1.807, 2.05) is 48.2 Å². The first-order valence-corrected chi connectivity index (χ1v) is 13.9. The highest BCUT2D eigenvalue weighted by molar-refractivity contribution is 5.97. The summed E-state index contributed by atoms with van der Waals surface area (Å²) in [5.74, 6) is -0.402. The van der Waals surface area contributed by atoms with Gasteiger partial charge in [-0.3, -0.25) is 4.79 Å². The zero-order valence-electron chi connectivity index (χ0n) is 23.1. The second-order valence-corrected chi connectivity index (χ2v) is 10.7. The summed E-state index contributed by atoms with van der Waals surface area (Å²) in [5, 5.41) is 23.2. The van der Waals surface area contributed by atoms with Crippen LogP contribution in [0, 0.1) is 31.0 Å². The number of hydrogen-bond donors (Lipinski definition) is 2. The molecule has 8 heteroatoms. The Balaban J connectivity index is 1.26. The van der Waals surface area contributed by atoms with Crippen molar-refractivity contribution in [3.63, 3.8) is 0 Å². The Labute approximate surface area is 235 Å². The molecule has 2 aliphatic rings. The van der Waals surface area contributed by atoms with Gasteiger partial charge >= 0.3 is 0 Å². The molecular weight excluding hydrogens is 505 g/mol. The van der Waals surface area contributed by atoms with Crippen molar-refractivity contribution in [2.24, 2.45) is 0 Å². The monoisotopic (exact) mass is 541 g/mol. The minimum absolute atomic E-state index is 0.0740. The van der Waals surface area contributed by atoms with Gasteiger partial charge in [-0.1, -0.05) is 30.3 Å². The molecule has 2 fully saturated rings. The maximum Gasteiger partial charge on any atom is 0.254 e. The molecule has 3 aromatic carbocycles. The van der Waals surface area contributed by atoms with Crippen molar-refractivity contribution in [2.45, 2.75) is 38.8 Å². The summed E-state index contributed by atoms with van der Waals surface area (Å²) in [6, 6.07) is 20.5. The number of anilines is 3. The van der Waals surface area contributed by atoms with E-state index in [0.29, 0.717) is 36.4 Å². The zero-order chi connectivity index (χ0) is 28.2. The third-order valence-electron chi connectivity index (χ3n) is 8.16. The van der Waals surface area contributed by atoms with Gasteiger partial charge in [-0.05, 0) is 68.1 Å². The lowest BCUT2D eigenvalue weighted by atomic mass is 9.99. The number of rotatable bonds is 6. The summed E-state index contributed by atoms with van der Waals surface area (Å²) in [7, 11) is 0. The highest BCUT2D eigenvalue weighted by Crippen LogP contribution is 2.29. The van der Waals surface area contributed by atoms with Gasteiger partial charge in [-0.2, -0.15) is 5.26 Å². The van der Waals surface area contributed by atoms with E-state index in [0.717, 1.165) is 48.4 Å². The van der Waals surface area contributed by atoms with Crippen LogP contribution in [0.25, 0.3) is 0 Å². The van der Waals surface area contributed by atoms with Gasteiger partial charge in [0.1, 0.15) is 11.9 Å². The number of nitrogens with zero attached hydrogens (tertiary/aromatic N) is 4. The van der Waals surface area contributed by atoms with Gasteiger partial charge in [-0.15, -0.1) is 0 Å². The van der Waals surface area contributed by atoms with Gasteiger partial charge in [0.2, 0.25) is 0 Å². The largest absolute Gasteiger partial charge is 0.394 e. The second kappa shape index (κ2) is 12.0. The Morgan fingerprint density at radius 2 is 1.70 bits per heavy atom. The maximum atomic E-state index is 14.4. The Bertz CT molecular complexity index is 1410. The summed E-state index contributed by atoms with van der Waals surface area (Å²) in [4.78, 5) is 19.6. The zero-order valence-corrected chi connectivity index (χ0v) is 23.1. The number of piperazine rings is 1. The normalized spacial score (nSPS) is 18.0. The van der Waals surface area contributed by atoms with Crippen molar-refractivity contribution in [1.82, 2.24) is 4.90 Å². The Kier molecular flexibility index (Phi) is 8.22. The topological polar surface area (TPSA) is 82.8 Å². The highest BCUT2D eigenvalue weighted by Gasteiger charge is 2.32. The Morgan fingerprint density at radius 3 is 2.40 bits per heavy atom. The quantitative estimate of drug-likeness (QED) is 0.470. The number of nitriles is 1. The first-order chi connectivity index (χ1) is 19.4. The average Bonchev–Trinajstić information content (AvgIpc) is 2.98. The van der Waals surface area contributed by atoms with E-state index in [1.54, 1.807) is 23.1 Å². The molecule has 2 heterocycles. The lowest BCUT2D eigenvalue weighted by Crippen LogP contribution is -2.56. The number of benzene rings is 3. The fourth-order valence-corrected chi connectivity index (χ4v) is 5.93. The Morgan fingerprint density at radius 1 is 1.00 bits per heavy atom. The molecule has 0 radical (unpaired) electrons. The summed E-state index contributed by atoms with van der Waals surface area (Å²) >= 11 is 0. The van der Waals surface area contributed by atoms with Crippen molar-refractivity contribution >= 4 is 23.0 Å². The van der Waals surface area contributed by atoms with Crippen molar-refractivity contribution in [3.8, 4) is 6.07 Å². The lowest BCUT2D eigenvalue weighted by molar-refractivity contribution is 0.0698. The van der Waals surface area contributed by atoms with Crippen LogP contribution in [0.5, 0.6) is 0 Å². The molecule has 0 aromatic heterocycles. The van der Waals surface area contributed by atoms with E-state index in [1.165, 1.54) is 6.07 Å². The molecule has 40 heavy (non-hydrogen) atoms. The first kappa shape index (κ1) is 27.5. The van der Waals surface area contributed by atoms with Crippen LogP contribution in [0.4, 0.5) is 21.5 Å². The summed E-state index contributed by atoms with van der Waals surface area (Å²) < 4.78 is 14.4. The predicted octanol–water partition coefficient (Wildman–Crippen LogP) is 4.72. The van der Waals surface area contributed by atoms with E-state index < -0.39 is 0 Å². The fraction of sp³-hybridized carbons (Fsp3) is 0.375. The molecule has 0 saturated carbocycles. The Hall–Kier alpha value is -4.09. The van der Waals surface area contributed by atoms with Gasteiger partial charge in [0, 0.05) is 50.0 Å². The number of aliphatic hydroxyl groups excluding tert-OH is 1. The number of halogens is 1. The minimum atomic E-state index is -0.380. The van der Waals surface area contributed by atoms with Crippen LogP contribution >= 0.6 is 0 Å². The first-order valence-electron chi connectivity index (χ1n) is 13.9. The summed E-state index contributed by atoms with van der Waals surface area (Å²) in [6.45, 7) is 6.75. The van der Waals surface area contributed by atoms with Crippen LogP contribution in [0.2, 0.25) is 0 Å². The smallest absolute Gasteiger partial charge is 0.254 e. The van der Waals surface area contributed by atoms with E-state index >= 15 is 0 Å². The van der Waals surface area contributed by atoms with Gasteiger partial charge in [0.15, 0.2) is 0 Å². The third-order valence-corrected chi connectivity index (χ3v) is 8.16. The van der Waals surface area contributed by atoms with Crippen molar-refractivity contribution < 1.29 is 14.3 Å². The minimum Gasteiger partial charge on any atom is -0.394 e. The van der Waals surface area contributed by atoms with Crippen molar-refractivity contribution in [1.29, 1.82) is 5.26 Å². The number of piperidine rings is 1. The number of carbonyl (C=O) groups is 1. The molecule has 1 amide bonds. The van der Waals surface area contributed by atoms with Gasteiger partial charge in [-0.25, -0.2) is 4.39 Å². The van der Waals surface area contributed by atoms with Crippen LogP contribution in [-0.4, -0.2) is 67.3 Å². The third kappa shape index (κ3) is 5.61. The van der Waals surface area contributed by atoms with E-state index in [9.17, 15) is 19.6 Å². The molecule has 2 N–H and O–H groups in total. The molecule has 208 valence electrons. The molecule has 2 aliphatic heterocycles. The number of aryl methyl sites for hydroxylation is 2. The molecule has 1 atom stereocenters. The van der Waals surface area contributed by atoms with Gasteiger partial charge in [0.25, 0.3) is 5.91 Å². The molecule has 3 aromatic rings. The molecule has 5 rings (SSSR count). The number of para-hydroxylation sites is 2. The standard InChI is InChI=1S/C32H36FN5O2/c1-22-17-23(2)29(35-25-11-13-36(14-12-25)30-9-5-3-7-24(30)19-34)18-27(22)32(40)37-15-16-38(26(20-37)21-39)31-10-6-4-8-28(31)33/h3-10,17-18,25-26,35,39H,11-16,20-21H2,1-2H3/t26-/m1/s1. The molecule has 0 unspecified atom stereocenters. The SMILES string of the molecule is Cc1cc(C)c(C(=O)N2CCN(c3ccccc3F)[C@@H](CO)C2)cc1NC1CCN(c2ccccc2C#N)CC1. The maximum absolute atomic E-state index is 14.4. The van der Waals surface area contributed by atoms with Crippen LogP contribution in [0.3, 0.4) is 0 Å². The number of hydrogen-bond acceptors (Lipinski definition) is 6. The van der Waals surface area contributed by atoms with Gasteiger partial charge < -0.3 is 25.1 Å². The number of amides is 1. The van der Waals surface area contributed by atoms with E-state index in [2.05, 4.69) is 23.2 Å². The molecule has 0 bridgehead atoms. The summed E-state index contributed by atoms with van der Waals surface area (Å²) in [6.07, 6.45) is 1.85. The molecule has 2 saturated heterocycles. The second-order valence-electron chi connectivity index (χ2n) is 10.7. The van der Waals surface area contributed by atoms with Crippen LogP contribution in [-0.2, 0) is 0 Å². The van der Waals surface area contributed by atoms with E-state index in [4.69, 9.17) is 0 Å². The van der Waals surface area contributed by atoms with Crippen LogP contribution < -0.4 is 15.1 Å².